The summed E-state index contributed by atoms with van der Waals surface area (Å²) < 4.78 is 0. The number of hydrogen-bond donors (Lipinski definition) is 1. The van der Waals surface area contributed by atoms with Crippen LogP contribution in [-0.4, -0.2) is 48.6 Å². The molecule has 12 heavy (non-hydrogen) atoms. The predicted octanol–water partition coefficient (Wildman–Crippen LogP) is 0.0911. The highest BCUT2D eigenvalue weighted by atomic mass is 16.2. The van der Waals surface area contributed by atoms with Crippen molar-refractivity contribution >= 4 is 6.03 Å². The Morgan fingerprint density at radius 3 is 2.75 bits per heavy atom. The summed E-state index contributed by atoms with van der Waals surface area (Å²) in [5.41, 5.74) is 5.20. The topological polar surface area (TPSA) is 49.6 Å². The number of likely N-dealkylation sites (N-methyl/N-ethyl adjacent to an activating group) is 1. The molecule has 1 atom stereocenters. The summed E-state index contributed by atoms with van der Waals surface area (Å²) in [5, 5.41) is 0. The van der Waals surface area contributed by atoms with Crippen LogP contribution in [0.1, 0.15) is 13.3 Å². The molecule has 1 rings (SSSR count). The summed E-state index contributed by atoms with van der Waals surface area (Å²) >= 11 is 0. The molecule has 4 nitrogen and oxygen atoms in total. The third-order valence-corrected chi connectivity index (χ3v) is 2.56. The van der Waals surface area contributed by atoms with Crippen LogP contribution in [0.2, 0.25) is 0 Å². The van der Waals surface area contributed by atoms with E-state index in [9.17, 15) is 4.79 Å². The molecule has 0 radical (unpaired) electrons. The zero-order chi connectivity index (χ0) is 9.14. The maximum absolute atomic E-state index is 10.9. The molecule has 0 spiro atoms. The van der Waals surface area contributed by atoms with Crippen LogP contribution in [0, 0.1) is 0 Å². The summed E-state index contributed by atoms with van der Waals surface area (Å²) in [4.78, 5) is 14.8. The molecule has 1 aliphatic heterocycles. The number of hydrogen-bond acceptors (Lipinski definition) is 2. The molecule has 1 fully saturated rings. The van der Waals surface area contributed by atoms with Crippen molar-refractivity contribution < 1.29 is 4.79 Å². The summed E-state index contributed by atoms with van der Waals surface area (Å²) in [6.07, 6.45) is 1.07. The van der Waals surface area contributed by atoms with Crippen LogP contribution in [0.25, 0.3) is 0 Å². The fraction of sp³-hybridized carbons (Fsp3) is 0.875. The van der Waals surface area contributed by atoms with Gasteiger partial charge in [-0.1, -0.05) is 6.92 Å². The molecule has 70 valence electrons. The van der Waals surface area contributed by atoms with Crippen molar-refractivity contribution in [2.45, 2.75) is 19.4 Å². The minimum absolute atomic E-state index is 0.290. The Kier molecular flexibility index (Phi) is 2.92. The van der Waals surface area contributed by atoms with Gasteiger partial charge in [-0.05, 0) is 13.5 Å². The lowest BCUT2D eigenvalue weighted by Gasteiger charge is -2.38. The summed E-state index contributed by atoms with van der Waals surface area (Å²) in [7, 11) is 2.09. The minimum Gasteiger partial charge on any atom is -0.351 e. The van der Waals surface area contributed by atoms with Crippen LogP contribution >= 0.6 is 0 Å². The highest BCUT2D eigenvalue weighted by Gasteiger charge is 2.24. The fourth-order valence-electron chi connectivity index (χ4n) is 1.59. The average molecular weight is 171 g/mol. The Bertz CT molecular complexity index is 172. The average Bonchev–Trinajstić information content (AvgIpc) is 2.05. The van der Waals surface area contributed by atoms with Gasteiger partial charge in [0.15, 0.2) is 0 Å². The van der Waals surface area contributed by atoms with E-state index in [1.165, 1.54) is 0 Å². The zero-order valence-electron chi connectivity index (χ0n) is 7.79. The summed E-state index contributed by atoms with van der Waals surface area (Å²) in [6, 6.07) is 0.188. The summed E-state index contributed by atoms with van der Waals surface area (Å²) in [5.74, 6) is 0. The first-order chi connectivity index (χ1) is 5.65. The van der Waals surface area contributed by atoms with Gasteiger partial charge in [0.25, 0.3) is 0 Å². The van der Waals surface area contributed by atoms with Crippen LogP contribution in [0.5, 0.6) is 0 Å². The predicted molar refractivity (Wildman–Crippen MR) is 47.9 cm³/mol. The molecule has 1 heterocycles. The quantitative estimate of drug-likeness (QED) is 0.608. The molecule has 1 aliphatic rings. The number of rotatable bonds is 1. The van der Waals surface area contributed by atoms with E-state index in [1.54, 1.807) is 4.90 Å². The molecule has 1 unspecified atom stereocenters. The standard InChI is InChI=1S/C8H17N3O/c1-3-7-6-11(8(9)12)5-4-10(7)2/h7H,3-6H2,1-2H3,(H2,9,12). The first-order valence-electron chi connectivity index (χ1n) is 4.39. The van der Waals surface area contributed by atoms with Gasteiger partial charge >= 0.3 is 6.03 Å². The minimum atomic E-state index is -0.290. The maximum atomic E-state index is 10.9. The third kappa shape index (κ3) is 1.88. The second kappa shape index (κ2) is 3.76. The Morgan fingerprint density at radius 1 is 1.58 bits per heavy atom. The van der Waals surface area contributed by atoms with Gasteiger partial charge < -0.3 is 10.6 Å². The van der Waals surface area contributed by atoms with E-state index in [2.05, 4.69) is 18.9 Å². The maximum Gasteiger partial charge on any atom is 0.314 e. The van der Waals surface area contributed by atoms with Gasteiger partial charge in [0, 0.05) is 25.7 Å². The van der Waals surface area contributed by atoms with E-state index in [1.807, 2.05) is 0 Å². The van der Waals surface area contributed by atoms with E-state index in [-0.39, 0.29) is 6.03 Å². The number of amides is 2. The molecular weight excluding hydrogens is 154 g/mol. The second-order valence-corrected chi connectivity index (χ2v) is 3.33. The van der Waals surface area contributed by atoms with E-state index in [0.29, 0.717) is 6.04 Å². The molecule has 0 aromatic heterocycles. The Morgan fingerprint density at radius 2 is 2.25 bits per heavy atom. The SMILES string of the molecule is CCC1CN(C(N)=O)CCN1C. The number of primary amides is 1. The lowest BCUT2D eigenvalue weighted by Crippen LogP contribution is -2.54. The Labute approximate surface area is 73.3 Å². The first kappa shape index (κ1) is 9.32. The smallest absolute Gasteiger partial charge is 0.314 e. The van der Waals surface area contributed by atoms with Gasteiger partial charge in [-0.15, -0.1) is 0 Å². The highest BCUT2D eigenvalue weighted by Crippen LogP contribution is 2.09. The molecular formula is C8H17N3O. The van der Waals surface area contributed by atoms with Crippen molar-refractivity contribution in [3.8, 4) is 0 Å². The van der Waals surface area contributed by atoms with Crippen LogP contribution < -0.4 is 5.73 Å². The number of nitrogens with two attached hydrogens (primary N) is 1. The van der Waals surface area contributed by atoms with Crippen LogP contribution in [0.3, 0.4) is 0 Å². The van der Waals surface area contributed by atoms with Crippen LogP contribution in [0.15, 0.2) is 0 Å². The number of nitrogens with zero attached hydrogens (tertiary/aromatic N) is 2. The van der Waals surface area contributed by atoms with Crippen LogP contribution in [0.4, 0.5) is 4.79 Å². The largest absolute Gasteiger partial charge is 0.351 e. The molecule has 0 aliphatic carbocycles. The molecule has 0 saturated carbocycles. The molecule has 0 aromatic rings. The molecule has 0 aromatic carbocycles. The molecule has 1 saturated heterocycles. The number of carbonyl (C=O) groups excluding carboxylic acids is 1. The highest BCUT2D eigenvalue weighted by molar-refractivity contribution is 5.72. The fourth-order valence-corrected chi connectivity index (χ4v) is 1.59. The zero-order valence-corrected chi connectivity index (χ0v) is 7.79. The molecule has 0 bridgehead atoms. The van der Waals surface area contributed by atoms with E-state index in [4.69, 9.17) is 5.73 Å². The van der Waals surface area contributed by atoms with E-state index in [0.717, 1.165) is 26.1 Å². The number of urea groups is 1. The number of carbonyl (C=O) groups is 1. The van der Waals surface area contributed by atoms with Gasteiger partial charge in [-0.25, -0.2) is 4.79 Å². The summed E-state index contributed by atoms with van der Waals surface area (Å²) in [6.45, 7) is 4.61. The molecule has 2 N–H and O–H groups in total. The van der Waals surface area contributed by atoms with Gasteiger partial charge in [-0.3, -0.25) is 4.90 Å². The molecule has 4 heteroatoms. The third-order valence-electron chi connectivity index (χ3n) is 2.56. The first-order valence-corrected chi connectivity index (χ1v) is 4.39. The van der Waals surface area contributed by atoms with Crippen molar-refractivity contribution in [3.05, 3.63) is 0 Å². The Hall–Kier alpha value is -0.770. The van der Waals surface area contributed by atoms with E-state index >= 15 is 0 Å². The number of piperazine rings is 1. The van der Waals surface area contributed by atoms with Crippen LogP contribution in [-0.2, 0) is 0 Å². The lowest BCUT2D eigenvalue weighted by atomic mass is 10.1. The molecule has 2 amide bonds. The van der Waals surface area contributed by atoms with Gasteiger partial charge in [-0.2, -0.15) is 0 Å². The van der Waals surface area contributed by atoms with Gasteiger partial charge in [0.05, 0.1) is 0 Å². The van der Waals surface area contributed by atoms with Crippen molar-refractivity contribution in [1.82, 2.24) is 9.80 Å². The van der Waals surface area contributed by atoms with E-state index < -0.39 is 0 Å². The van der Waals surface area contributed by atoms with Crippen molar-refractivity contribution in [3.63, 3.8) is 0 Å². The van der Waals surface area contributed by atoms with Crippen molar-refractivity contribution in [2.75, 3.05) is 26.7 Å². The van der Waals surface area contributed by atoms with Gasteiger partial charge in [0.2, 0.25) is 0 Å². The van der Waals surface area contributed by atoms with Crippen molar-refractivity contribution in [1.29, 1.82) is 0 Å². The van der Waals surface area contributed by atoms with Gasteiger partial charge in [0.1, 0.15) is 0 Å². The lowest BCUT2D eigenvalue weighted by molar-refractivity contribution is 0.112. The Balaban J connectivity index is 2.49. The monoisotopic (exact) mass is 171 g/mol. The van der Waals surface area contributed by atoms with Crippen molar-refractivity contribution in [2.24, 2.45) is 5.73 Å². The normalized spacial score (nSPS) is 25.8. The second-order valence-electron chi connectivity index (χ2n) is 3.33.